The van der Waals surface area contributed by atoms with Gasteiger partial charge in [-0.2, -0.15) is 5.26 Å². The number of nitrogens with zero attached hydrogens (tertiary/aromatic N) is 1. The van der Waals surface area contributed by atoms with Crippen molar-refractivity contribution in [3.8, 4) is 6.07 Å². The van der Waals surface area contributed by atoms with Crippen LogP contribution in [0.4, 0.5) is 0 Å². The van der Waals surface area contributed by atoms with Crippen LogP contribution in [0.25, 0.3) is 0 Å². The van der Waals surface area contributed by atoms with Gasteiger partial charge >= 0.3 is 0 Å². The topological polar surface area (TPSA) is 40.9 Å². The molecule has 0 spiro atoms. The van der Waals surface area contributed by atoms with Crippen LogP contribution in [0.5, 0.6) is 0 Å². The van der Waals surface area contributed by atoms with Gasteiger partial charge < -0.3 is 0 Å². The Morgan fingerprint density at radius 2 is 1.93 bits per heavy atom. The van der Waals surface area contributed by atoms with Crippen LogP contribution in [0.15, 0.2) is 30.3 Å². The Labute approximate surface area is 94.5 Å². The molecule has 0 aliphatic rings. The molecule has 0 fully saturated rings. The molecule has 0 aliphatic carbocycles. The normalized spacial score (nSPS) is 14.3. The lowest BCUT2D eigenvalue weighted by atomic mass is 9.74. The van der Waals surface area contributed by atoms with Crippen LogP contribution in [-0.4, -0.2) is 5.24 Å². The van der Waals surface area contributed by atoms with E-state index < -0.39 is 10.7 Å². The van der Waals surface area contributed by atoms with E-state index in [4.69, 9.17) is 11.6 Å². The molecule has 15 heavy (non-hydrogen) atoms. The average Bonchev–Trinajstić information content (AvgIpc) is 2.20. The van der Waals surface area contributed by atoms with Crippen LogP contribution < -0.4 is 0 Å². The maximum Gasteiger partial charge on any atom is 0.246 e. The summed E-state index contributed by atoms with van der Waals surface area (Å²) in [5.41, 5.74) is -0.578. The summed E-state index contributed by atoms with van der Waals surface area (Å²) < 4.78 is 0. The van der Waals surface area contributed by atoms with Gasteiger partial charge in [-0.15, -0.1) is 0 Å². The third-order valence-electron chi connectivity index (χ3n) is 2.58. The van der Waals surface area contributed by atoms with Crippen molar-refractivity contribution >= 4 is 16.8 Å². The first-order chi connectivity index (χ1) is 7.05. The van der Waals surface area contributed by atoms with E-state index in [0.717, 1.165) is 0 Å². The zero-order valence-corrected chi connectivity index (χ0v) is 9.45. The summed E-state index contributed by atoms with van der Waals surface area (Å²) >= 11 is 5.57. The molecule has 0 radical (unpaired) electrons. The van der Waals surface area contributed by atoms with E-state index in [-0.39, 0.29) is 5.92 Å². The number of hydrogen-bond acceptors (Lipinski definition) is 2. The highest BCUT2D eigenvalue weighted by Gasteiger charge is 2.42. The van der Waals surface area contributed by atoms with Crippen LogP contribution in [-0.2, 0) is 10.2 Å². The van der Waals surface area contributed by atoms with Crippen molar-refractivity contribution in [1.82, 2.24) is 0 Å². The van der Waals surface area contributed by atoms with E-state index >= 15 is 0 Å². The van der Waals surface area contributed by atoms with Gasteiger partial charge in [-0.3, -0.25) is 4.79 Å². The van der Waals surface area contributed by atoms with E-state index in [0.29, 0.717) is 5.56 Å². The van der Waals surface area contributed by atoms with Crippen LogP contribution in [0.3, 0.4) is 0 Å². The second kappa shape index (κ2) is 4.46. The zero-order chi connectivity index (χ0) is 11.5. The Bertz CT molecular complexity index is 394. The number of nitriles is 1. The molecule has 0 saturated carbocycles. The van der Waals surface area contributed by atoms with Crippen molar-refractivity contribution < 1.29 is 4.79 Å². The lowest BCUT2D eigenvalue weighted by Gasteiger charge is -2.26. The molecule has 0 aliphatic heterocycles. The standard InChI is InChI=1S/C12H12ClNO/c1-9(2)12(8-14,11(13)15)10-6-4-3-5-7-10/h3-7,9H,1-2H3. The molecule has 0 heterocycles. The van der Waals surface area contributed by atoms with Crippen LogP contribution in [0.1, 0.15) is 19.4 Å². The van der Waals surface area contributed by atoms with Gasteiger partial charge in [0.1, 0.15) is 0 Å². The molecule has 0 saturated heterocycles. The second-order valence-corrected chi connectivity index (χ2v) is 4.06. The van der Waals surface area contributed by atoms with Gasteiger partial charge in [0.15, 0.2) is 5.41 Å². The summed E-state index contributed by atoms with van der Waals surface area (Å²) in [4.78, 5) is 11.5. The highest BCUT2D eigenvalue weighted by atomic mass is 35.5. The molecule has 1 aromatic carbocycles. The fourth-order valence-electron chi connectivity index (χ4n) is 1.61. The van der Waals surface area contributed by atoms with Crippen molar-refractivity contribution in [1.29, 1.82) is 5.26 Å². The predicted octanol–water partition coefficient (Wildman–Crippen LogP) is 2.87. The number of carbonyl (C=O) groups excluding carboxylic acids is 1. The monoisotopic (exact) mass is 221 g/mol. The molecule has 3 heteroatoms. The van der Waals surface area contributed by atoms with E-state index in [9.17, 15) is 10.1 Å². The number of hydrogen-bond donors (Lipinski definition) is 0. The van der Waals surface area contributed by atoms with Crippen LogP contribution >= 0.6 is 11.6 Å². The molecule has 1 unspecified atom stereocenters. The first-order valence-electron chi connectivity index (χ1n) is 4.72. The third kappa shape index (κ3) is 1.88. The Kier molecular flexibility index (Phi) is 3.49. The maximum atomic E-state index is 11.5. The summed E-state index contributed by atoms with van der Waals surface area (Å²) in [7, 11) is 0. The van der Waals surface area contributed by atoms with Gasteiger partial charge in [0.05, 0.1) is 6.07 Å². The quantitative estimate of drug-likeness (QED) is 0.737. The van der Waals surface area contributed by atoms with Gasteiger partial charge in [-0.05, 0) is 23.1 Å². The van der Waals surface area contributed by atoms with Crippen LogP contribution in [0.2, 0.25) is 0 Å². The summed E-state index contributed by atoms with van der Waals surface area (Å²) in [6, 6.07) is 11.0. The van der Waals surface area contributed by atoms with Crippen LogP contribution in [0, 0.1) is 17.2 Å². The summed E-state index contributed by atoms with van der Waals surface area (Å²) in [6.07, 6.45) is 0. The second-order valence-electron chi connectivity index (χ2n) is 3.71. The fourth-order valence-corrected chi connectivity index (χ4v) is 1.98. The minimum Gasteiger partial charge on any atom is -0.279 e. The van der Waals surface area contributed by atoms with Crippen molar-refractivity contribution in [2.45, 2.75) is 19.3 Å². The molecular weight excluding hydrogens is 210 g/mol. The molecule has 0 bridgehead atoms. The maximum absolute atomic E-state index is 11.5. The summed E-state index contributed by atoms with van der Waals surface area (Å²) in [5, 5.41) is 8.60. The predicted molar refractivity (Wildman–Crippen MR) is 59.4 cm³/mol. The van der Waals surface area contributed by atoms with Crippen molar-refractivity contribution in [2.75, 3.05) is 0 Å². The van der Waals surface area contributed by atoms with Crippen molar-refractivity contribution in [3.05, 3.63) is 35.9 Å². The molecule has 0 aromatic heterocycles. The van der Waals surface area contributed by atoms with Gasteiger partial charge in [0, 0.05) is 0 Å². The molecule has 0 amide bonds. The van der Waals surface area contributed by atoms with E-state index in [1.807, 2.05) is 26.0 Å². The average molecular weight is 222 g/mol. The van der Waals surface area contributed by atoms with E-state index in [1.165, 1.54) is 0 Å². The summed E-state index contributed by atoms with van der Waals surface area (Å²) in [6.45, 7) is 3.63. The lowest BCUT2D eigenvalue weighted by Crippen LogP contribution is -2.36. The van der Waals surface area contributed by atoms with Gasteiger partial charge in [-0.1, -0.05) is 44.2 Å². The van der Waals surface area contributed by atoms with E-state index in [1.54, 1.807) is 24.3 Å². The third-order valence-corrected chi connectivity index (χ3v) is 2.88. The molecule has 2 nitrogen and oxygen atoms in total. The molecule has 1 aromatic rings. The highest BCUT2D eigenvalue weighted by Crippen LogP contribution is 2.34. The van der Waals surface area contributed by atoms with Gasteiger partial charge in [-0.25, -0.2) is 0 Å². The molecule has 0 N–H and O–H groups in total. The largest absolute Gasteiger partial charge is 0.279 e. The van der Waals surface area contributed by atoms with Crippen molar-refractivity contribution in [2.24, 2.45) is 5.92 Å². The highest BCUT2D eigenvalue weighted by molar-refractivity contribution is 6.66. The minimum absolute atomic E-state index is 0.158. The minimum atomic E-state index is -1.23. The molecule has 78 valence electrons. The lowest BCUT2D eigenvalue weighted by molar-refractivity contribution is -0.116. The molecule has 1 rings (SSSR count). The molecule has 1 atom stereocenters. The number of benzene rings is 1. The van der Waals surface area contributed by atoms with Crippen molar-refractivity contribution in [3.63, 3.8) is 0 Å². The Hall–Kier alpha value is -1.33. The smallest absolute Gasteiger partial charge is 0.246 e. The Morgan fingerprint density at radius 3 is 2.27 bits per heavy atom. The van der Waals surface area contributed by atoms with Gasteiger partial charge in [0.2, 0.25) is 5.24 Å². The first-order valence-corrected chi connectivity index (χ1v) is 5.10. The Balaban J connectivity index is 3.37. The van der Waals surface area contributed by atoms with Gasteiger partial charge in [0.25, 0.3) is 0 Å². The number of halogens is 1. The number of carbonyl (C=O) groups is 1. The SMILES string of the molecule is CC(C)C(C#N)(C(=O)Cl)c1ccccc1. The first kappa shape index (κ1) is 11.7. The zero-order valence-electron chi connectivity index (χ0n) is 8.70. The number of rotatable bonds is 3. The molecular formula is C12H12ClNO. The fraction of sp³-hybridized carbons (Fsp3) is 0.333. The van der Waals surface area contributed by atoms with E-state index in [2.05, 4.69) is 0 Å². The summed E-state index contributed by atoms with van der Waals surface area (Å²) in [5.74, 6) is -0.158. The Morgan fingerprint density at radius 1 is 1.40 bits per heavy atom.